The standard InChI is InChI=1S/C15H24N2O2/c1-2-8-17(11-13-4-3-7-16-13)10-12-5-6-14(18)15(19)9-12/h5-6,9,13,16,18-19H,2-4,7-8,10-11H2,1H3. The van der Waals surface area contributed by atoms with Gasteiger partial charge < -0.3 is 15.5 Å². The summed E-state index contributed by atoms with van der Waals surface area (Å²) in [6.45, 7) is 6.24. The molecule has 1 atom stereocenters. The smallest absolute Gasteiger partial charge is 0.157 e. The molecule has 1 unspecified atom stereocenters. The van der Waals surface area contributed by atoms with E-state index in [0.717, 1.165) is 38.2 Å². The summed E-state index contributed by atoms with van der Waals surface area (Å²) in [6.07, 6.45) is 3.64. The van der Waals surface area contributed by atoms with Gasteiger partial charge in [0.2, 0.25) is 0 Å². The van der Waals surface area contributed by atoms with Crippen molar-refractivity contribution in [2.75, 3.05) is 19.6 Å². The van der Waals surface area contributed by atoms with E-state index in [0.29, 0.717) is 6.04 Å². The first kappa shape index (κ1) is 14.2. The lowest BCUT2D eigenvalue weighted by molar-refractivity contribution is 0.241. The van der Waals surface area contributed by atoms with Gasteiger partial charge in [-0.3, -0.25) is 4.90 Å². The van der Waals surface area contributed by atoms with Crippen LogP contribution in [0.2, 0.25) is 0 Å². The van der Waals surface area contributed by atoms with Crippen LogP contribution >= 0.6 is 0 Å². The molecule has 1 aromatic carbocycles. The minimum atomic E-state index is -0.0525. The van der Waals surface area contributed by atoms with Crippen LogP contribution in [0.1, 0.15) is 31.7 Å². The van der Waals surface area contributed by atoms with E-state index in [1.165, 1.54) is 12.8 Å². The molecular weight excluding hydrogens is 240 g/mol. The van der Waals surface area contributed by atoms with Crippen molar-refractivity contribution in [1.82, 2.24) is 10.2 Å². The molecular formula is C15H24N2O2. The zero-order chi connectivity index (χ0) is 13.7. The number of hydrogen-bond acceptors (Lipinski definition) is 4. The summed E-state index contributed by atoms with van der Waals surface area (Å²) >= 11 is 0. The molecule has 1 aliphatic rings. The molecule has 4 heteroatoms. The highest BCUT2D eigenvalue weighted by Gasteiger charge is 2.17. The molecule has 1 fully saturated rings. The van der Waals surface area contributed by atoms with Crippen LogP contribution in [0.5, 0.6) is 11.5 Å². The second-order valence-electron chi connectivity index (χ2n) is 5.35. The van der Waals surface area contributed by atoms with Gasteiger partial charge >= 0.3 is 0 Å². The lowest BCUT2D eigenvalue weighted by Gasteiger charge is -2.25. The molecule has 4 nitrogen and oxygen atoms in total. The fourth-order valence-corrected chi connectivity index (χ4v) is 2.70. The van der Waals surface area contributed by atoms with Crippen molar-refractivity contribution in [2.24, 2.45) is 0 Å². The molecule has 0 aromatic heterocycles. The summed E-state index contributed by atoms with van der Waals surface area (Å²) in [4.78, 5) is 2.41. The first-order valence-electron chi connectivity index (χ1n) is 7.15. The van der Waals surface area contributed by atoms with Crippen molar-refractivity contribution in [1.29, 1.82) is 0 Å². The number of phenolic OH excluding ortho intramolecular Hbond substituents is 2. The summed E-state index contributed by atoms with van der Waals surface area (Å²) in [6, 6.07) is 5.68. The topological polar surface area (TPSA) is 55.7 Å². The molecule has 1 aromatic rings. The highest BCUT2D eigenvalue weighted by molar-refractivity contribution is 5.40. The fourth-order valence-electron chi connectivity index (χ4n) is 2.70. The Labute approximate surface area is 115 Å². The van der Waals surface area contributed by atoms with Gasteiger partial charge in [0, 0.05) is 19.1 Å². The Morgan fingerprint density at radius 3 is 2.79 bits per heavy atom. The Kier molecular flexibility index (Phi) is 5.05. The van der Waals surface area contributed by atoms with Crippen LogP contribution in [0.25, 0.3) is 0 Å². The van der Waals surface area contributed by atoms with E-state index < -0.39 is 0 Å². The monoisotopic (exact) mass is 264 g/mol. The van der Waals surface area contributed by atoms with Crippen molar-refractivity contribution in [3.8, 4) is 11.5 Å². The zero-order valence-electron chi connectivity index (χ0n) is 11.6. The number of hydrogen-bond donors (Lipinski definition) is 3. The molecule has 3 N–H and O–H groups in total. The van der Waals surface area contributed by atoms with Gasteiger partial charge in [-0.2, -0.15) is 0 Å². The van der Waals surface area contributed by atoms with Crippen molar-refractivity contribution < 1.29 is 10.2 Å². The molecule has 0 saturated carbocycles. The predicted molar refractivity (Wildman–Crippen MR) is 76.4 cm³/mol. The Morgan fingerprint density at radius 1 is 1.32 bits per heavy atom. The van der Waals surface area contributed by atoms with Crippen LogP contribution in [0, 0.1) is 0 Å². The zero-order valence-corrected chi connectivity index (χ0v) is 11.6. The van der Waals surface area contributed by atoms with E-state index in [9.17, 15) is 10.2 Å². The second-order valence-corrected chi connectivity index (χ2v) is 5.35. The van der Waals surface area contributed by atoms with Crippen LogP contribution in [0.15, 0.2) is 18.2 Å². The lowest BCUT2D eigenvalue weighted by Crippen LogP contribution is -2.37. The summed E-state index contributed by atoms with van der Waals surface area (Å²) in [5.41, 5.74) is 1.04. The van der Waals surface area contributed by atoms with Gasteiger partial charge in [-0.15, -0.1) is 0 Å². The summed E-state index contributed by atoms with van der Waals surface area (Å²) in [7, 11) is 0. The van der Waals surface area contributed by atoms with Crippen molar-refractivity contribution in [2.45, 2.75) is 38.8 Å². The van der Waals surface area contributed by atoms with Gasteiger partial charge in [0.25, 0.3) is 0 Å². The van der Waals surface area contributed by atoms with E-state index in [-0.39, 0.29) is 11.5 Å². The average Bonchev–Trinajstić information content (AvgIpc) is 2.87. The third-order valence-electron chi connectivity index (χ3n) is 3.63. The average molecular weight is 264 g/mol. The van der Waals surface area contributed by atoms with Gasteiger partial charge in [-0.25, -0.2) is 0 Å². The molecule has 0 bridgehead atoms. The maximum absolute atomic E-state index is 9.55. The van der Waals surface area contributed by atoms with Gasteiger partial charge in [-0.1, -0.05) is 13.0 Å². The number of benzene rings is 1. The Bertz CT molecular complexity index is 403. The maximum atomic E-state index is 9.55. The normalized spacial score (nSPS) is 19.2. The van der Waals surface area contributed by atoms with Crippen molar-refractivity contribution in [3.05, 3.63) is 23.8 Å². The molecule has 19 heavy (non-hydrogen) atoms. The van der Waals surface area contributed by atoms with Crippen molar-refractivity contribution >= 4 is 0 Å². The lowest BCUT2D eigenvalue weighted by atomic mass is 10.1. The van der Waals surface area contributed by atoms with Crippen molar-refractivity contribution in [3.63, 3.8) is 0 Å². The minimum Gasteiger partial charge on any atom is -0.504 e. The van der Waals surface area contributed by atoms with Gasteiger partial charge in [0.15, 0.2) is 11.5 Å². The van der Waals surface area contributed by atoms with Gasteiger partial charge in [0.1, 0.15) is 0 Å². The third kappa shape index (κ3) is 4.11. The molecule has 2 rings (SSSR count). The molecule has 0 spiro atoms. The van der Waals surface area contributed by atoms with E-state index in [1.807, 2.05) is 6.07 Å². The van der Waals surface area contributed by atoms with E-state index in [2.05, 4.69) is 17.1 Å². The van der Waals surface area contributed by atoms with Crippen LogP contribution in [0.4, 0.5) is 0 Å². The van der Waals surface area contributed by atoms with Gasteiger partial charge in [-0.05, 0) is 50.0 Å². The minimum absolute atomic E-state index is 0.0343. The van der Waals surface area contributed by atoms with Crippen LogP contribution in [-0.4, -0.2) is 40.8 Å². The molecule has 1 aliphatic heterocycles. The first-order chi connectivity index (χ1) is 9.19. The molecule has 1 saturated heterocycles. The number of phenols is 2. The van der Waals surface area contributed by atoms with Crippen LogP contribution in [0.3, 0.4) is 0 Å². The van der Waals surface area contributed by atoms with E-state index in [4.69, 9.17) is 0 Å². The fraction of sp³-hybridized carbons (Fsp3) is 0.600. The molecule has 0 amide bonds. The number of rotatable bonds is 6. The number of aromatic hydroxyl groups is 2. The predicted octanol–water partition coefficient (Wildman–Crippen LogP) is 2.06. The Hall–Kier alpha value is -1.26. The highest BCUT2D eigenvalue weighted by Crippen LogP contribution is 2.25. The molecule has 0 radical (unpaired) electrons. The SMILES string of the molecule is CCCN(Cc1ccc(O)c(O)c1)CC1CCCN1. The summed E-state index contributed by atoms with van der Waals surface area (Å²) in [5.74, 6) is -0.0869. The van der Waals surface area contributed by atoms with Crippen LogP contribution < -0.4 is 5.32 Å². The largest absolute Gasteiger partial charge is 0.504 e. The molecule has 106 valence electrons. The summed E-state index contributed by atoms with van der Waals surface area (Å²) < 4.78 is 0. The Morgan fingerprint density at radius 2 is 2.16 bits per heavy atom. The molecule has 0 aliphatic carbocycles. The summed E-state index contributed by atoms with van der Waals surface area (Å²) in [5, 5.41) is 22.4. The second kappa shape index (κ2) is 6.78. The first-order valence-corrected chi connectivity index (χ1v) is 7.15. The van der Waals surface area contributed by atoms with E-state index >= 15 is 0 Å². The molecule has 1 heterocycles. The van der Waals surface area contributed by atoms with E-state index in [1.54, 1.807) is 12.1 Å². The van der Waals surface area contributed by atoms with Crippen LogP contribution in [-0.2, 0) is 6.54 Å². The highest BCUT2D eigenvalue weighted by atomic mass is 16.3. The number of nitrogens with one attached hydrogen (secondary N) is 1. The third-order valence-corrected chi connectivity index (χ3v) is 3.63. The quantitative estimate of drug-likeness (QED) is 0.688. The number of nitrogens with zero attached hydrogens (tertiary/aromatic N) is 1. The Balaban J connectivity index is 1.96. The van der Waals surface area contributed by atoms with Gasteiger partial charge in [0.05, 0.1) is 0 Å². The maximum Gasteiger partial charge on any atom is 0.157 e.